The van der Waals surface area contributed by atoms with Crippen molar-refractivity contribution in [3.8, 4) is 0 Å². The normalized spacial score (nSPS) is 10.1. The van der Waals surface area contributed by atoms with Crippen LogP contribution in [0.3, 0.4) is 0 Å². The predicted octanol–water partition coefficient (Wildman–Crippen LogP) is 2.27. The molecule has 1 heterocycles. The smallest absolute Gasteiger partial charge is 0.256 e. The fourth-order valence-electron chi connectivity index (χ4n) is 1.41. The van der Waals surface area contributed by atoms with Gasteiger partial charge in [-0.05, 0) is 30.7 Å². The van der Waals surface area contributed by atoms with Crippen LogP contribution in [-0.4, -0.2) is 15.9 Å². The van der Waals surface area contributed by atoms with Gasteiger partial charge >= 0.3 is 0 Å². The first-order valence-electron chi connectivity index (χ1n) is 5.21. The van der Waals surface area contributed by atoms with Crippen LogP contribution in [0.25, 0.3) is 0 Å². The second-order valence-electron chi connectivity index (χ2n) is 3.75. The summed E-state index contributed by atoms with van der Waals surface area (Å²) in [5, 5.41) is 2.90. The largest absolute Gasteiger partial charge is 0.399 e. The molecule has 0 saturated heterocycles. The molecule has 0 bridgehead atoms. The van der Waals surface area contributed by atoms with E-state index in [4.69, 9.17) is 17.3 Å². The fraction of sp³-hybridized carbons (Fsp3) is 0.0833. The number of nitrogen functional groups attached to an aromatic ring is 1. The minimum Gasteiger partial charge on any atom is -0.399 e. The average molecular weight is 263 g/mol. The monoisotopic (exact) mass is 262 g/mol. The predicted molar refractivity (Wildman–Crippen MR) is 70.6 cm³/mol. The van der Waals surface area contributed by atoms with Gasteiger partial charge in [-0.1, -0.05) is 11.6 Å². The molecule has 0 spiro atoms. The number of carbonyl (C=O) groups is 1. The number of nitrogens with two attached hydrogens (primary N) is 1. The number of nitrogens with one attached hydrogen (secondary N) is 1. The van der Waals surface area contributed by atoms with Gasteiger partial charge in [0, 0.05) is 17.3 Å². The van der Waals surface area contributed by atoms with Crippen molar-refractivity contribution >= 4 is 29.0 Å². The molecule has 0 aliphatic heterocycles. The number of carbonyl (C=O) groups excluding carboxylic acids is 1. The van der Waals surface area contributed by atoms with Crippen LogP contribution in [0, 0.1) is 6.92 Å². The molecule has 2 rings (SSSR count). The molecular formula is C12H11ClN4O. The minimum atomic E-state index is -0.270. The molecule has 1 amide bonds. The highest BCUT2D eigenvalue weighted by molar-refractivity contribution is 6.29. The third kappa shape index (κ3) is 2.75. The first-order chi connectivity index (χ1) is 8.56. The summed E-state index contributed by atoms with van der Waals surface area (Å²) in [6.45, 7) is 1.84. The van der Waals surface area contributed by atoms with Gasteiger partial charge in [0.15, 0.2) is 0 Å². The van der Waals surface area contributed by atoms with Gasteiger partial charge in [0.25, 0.3) is 5.91 Å². The van der Waals surface area contributed by atoms with Gasteiger partial charge in [-0.25, -0.2) is 9.97 Å². The maximum absolute atomic E-state index is 11.9. The van der Waals surface area contributed by atoms with E-state index in [1.807, 2.05) is 6.92 Å². The summed E-state index contributed by atoms with van der Waals surface area (Å²) in [6, 6.07) is 6.54. The van der Waals surface area contributed by atoms with Crippen LogP contribution >= 0.6 is 11.6 Å². The lowest BCUT2D eigenvalue weighted by molar-refractivity contribution is 0.102. The van der Waals surface area contributed by atoms with Crippen molar-refractivity contribution in [3.05, 3.63) is 46.9 Å². The summed E-state index contributed by atoms with van der Waals surface area (Å²) >= 11 is 5.70. The van der Waals surface area contributed by atoms with Crippen molar-refractivity contribution in [2.24, 2.45) is 0 Å². The molecule has 0 radical (unpaired) electrons. The van der Waals surface area contributed by atoms with Crippen LogP contribution in [0.5, 0.6) is 0 Å². The van der Waals surface area contributed by atoms with E-state index in [-0.39, 0.29) is 11.1 Å². The zero-order valence-electron chi connectivity index (χ0n) is 9.64. The molecule has 2 aromatic rings. The summed E-state index contributed by atoms with van der Waals surface area (Å²) < 4.78 is 0. The maximum Gasteiger partial charge on any atom is 0.256 e. The van der Waals surface area contributed by atoms with E-state index >= 15 is 0 Å². The number of hydrogen-bond donors (Lipinski definition) is 2. The number of amides is 1. The van der Waals surface area contributed by atoms with Crippen molar-refractivity contribution in [1.82, 2.24) is 9.97 Å². The Morgan fingerprint density at radius 2 is 2.11 bits per heavy atom. The highest BCUT2D eigenvalue weighted by atomic mass is 35.5. The molecule has 1 aromatic carbocycles. The van der Waals surface area contributed by atoms with Gasteiger partial charge in [0.05, 0.1) is 0 Å². The molecule has 18 heavy (non-hydrogen) atoms. The topological polar surface area (TPSA) is 80.9 Å². The quantitative estimate of drug-likeness (QED) is 0.643. The Hall–Kier alpha value is -2.14. The maximum atomic E-state index is 11.9. The van der Waals surface area contributed by atoms with Gasteiger partial charge < -0.3 is 11.1 Å². The first-order valence-corrected chi connectivity index (χ1v) is 5.59. The highest BCUT2D eigenvalue weighted by Crippen LogP contribution is 2.14. The van der Waals surface area contributed by atoms with Gasteiger partial charge in [-0.15, -0.1) is 0 Å². The molecule has 0 saturated carbocycles. The van der Waals surface area contributed by atoms with Gasteiger partial charge in [0.1, 0.15) is 17.3 Å². The van der Waals surface area contributed by atoms with Crippen LogP contribution in [0.4, 0.5) is 11.5 Å². The van der Waals surface area contributed by atoms with E-state index in [9.17, 15) is 4.79 Å². The van der Waals surface area contributed by atoms with Crippen molar-refractivity contribution in [2.75, 3.05) is 11.1 Å². The van der Waals surface area contributed by atoms with E-state index in [1.54, 1.807) is 18.2 Å². The van der Waals surface area contributed by atoms with Crippen LogP contribution in [0.2, 0.25) is 5.15 Å². The van der Waals surface area contributed by atoms with E-state index in [0.717, 1.165) is 5.56 Å². The molecule has 0 aliphatic rings. The average Bonchev–Trinajstić information content (AvgIpc) is 2.32. The Bertz CT molecular complexity index is 600. The van der Waals surface area contributed by atoms with Crippen molar-refractivity contribution < 1.29 is 4.79 Å². The van der Waals surface area contributed by atoms with Crippen LogP contribution < -0.4 is 11.1 Å². The molecule has 0 fully saturated rings. The first kappa shape index (κ1) is 12.3. The lowest BCUT2D eigenvalue weighted by atomic mass is 10.1. The number of aryl methyl sites for hydroxylation is 1. The number of halogens is 1. The molecular weight excluding hydrogens is 252 g/mol. The summed E-state index contributed by atoms with van der Waals surface area (Å²) in [6.07, 6.45) is 1.28. The fourth-order valence-corrected chi connectivity index (χ4v) is 1.55. The lowest BCUT2D eigenvalue weighted by Crippen LogP contribution is -2.13. The number of rotatable bonds is 2. The molecule has 0 aliphatic carbocycles. The number of nitrogens with zero attached hydrogens (tertiary/aromatic N) is 2. The number of hydrogen-bond acceptors (Lipinski definition) is 4. The van der Waals surface area contributed by atoms with Crippen molar-refractivity contribution in [1.29, 1.82) is 0 Å². The van der Waals surface area contributed by atoms with Gasteiger partial charge in [-0.2, -0.15) is 0 Å². The molecule has 3 N–H and O–H groups in total. The molecule has 0 unspecified atom stereocenters. The third-order valence-electron chi connectivity index (χ3n) is 2.41. The Morgan fingerprint density at radius 3 is 2.78 bits per heavy atom. The van der Waals surface area contributed by atoms with E-state index in [1.165, 1.54) is 12.4 Å². The van der Waals surface area contributed by atoms with Crippen LogP contribution in [0.15, 0.2) is 30.6 Å². The van der Waals surface area contributed by atoms with Gasteiger partial charge in [-0.3, -0.25) is 4.79 Å². The van der Waals surface area contributed by atoms with Crippen molar-refractivity contribution in [2.45, 2.75) is 6.92 Å². The SMILES string of the molecule is Cc1cc(C(=O)Nc2cc(Cl)ncn2)ccc1N. The lowest BCUT2D eigenvalue weighted by Gasteiger charge is -2.06. The van der Waals surface area contributed by atoms with E-state index in [2.05, 4.69) is 15.3 Å². The van der Waals surface area contributed by atoms with Crippen molar-refractivity contribution in [3.63, 3.8) is 0 Å². The minimum absolute atomic E-state index is 0.270. The molecule has 92 valence electrons. The highest BCUT2D eigenvalue weighted by Gasteiger charge is 2.08. The zero-order valence-corrected chi connectivity index (χ0v) is 10.4. The summed E-state index contributed by atoms with van der Waals surface area (Å²) in [4.78, 5) is 19.6. The summed E-state index contributed by atoms with van der Waals surface area (Å²) in [5.74, 6) is 0.0855. The second kappa shape index (κ2) is 5.01. The van der Waals surface area contributed by atoms with E-state index < -0.39 is 0 Å². The zero-order chi connectivity index (χ0) is 13.1. The Labute approximate surface area is 109 Å². The molecule has 0 atom stereocenters. The standard InChI is InChI=1S/C12H11ClN4O/c1-7-4-8(2-3-9(7)14)12(18)17-11-5-10(13)15-6-16-11/h2-6H,14H2,1H3,(H,15,16,17,18). The molecule has 6 heteroatoms. The van der Waals surface area contributed by atoms with Crippen LogP contribution in [-0.2, 0) is 0 Å². The number of benzene rings is 1. The Morgan fingerprint density at radius 1 is 1.33 bits per heavy atom. The molecule has 1 aromatic heterocycles. The summed E-state index contributed by atoms with van der Waals surface area (Å²) in [7, 11) is 0. The third-order valence-corrected chi connectivity index (χ3v) is 2.61. The van der Waals surface area contributed by atoms with Crippen LogP contribution in [0.1, 0.15) is 15.9 Å². The Balaban J connectivity index is 2.19. The summed E-state index contributed by atoms with van der Waals surface area (Å²) in [5.41, 5.74) is 7.70. The molecule has 5 nitrogen and oxygen atoms in total. The Kier molecular flexibility index (Phi) is 3.43. The second-order valence-corrected chi connectivity index (χ2v) is 4.14. The number of anilines is 2. The van der Waals surface area contributed by atoms with E-state index in [0.29, 0.717) is 17.1 Å². The number of aromatic nitrogens is 2. The van der Waals surface area contributed by atoms with Gasteiger partial charge in [0.2, 0.25) is 0 Å².